The van der Waals surface area contributed by atoms with Crippen molar-refractivity contribution in [1.82, 2.24) is 15.0 Å². The summed E-state index contributed by atoms with van der Waals surface area (Å²) < 4.78 is 11.3. The third kappa shape index (κ3) is 5.16. The number of halogens is 1. The molecule has 0 bridgehead atoms. The lowest BCUT2D eigenvalue weighted by molar-refractivity contribution is 0.415. The molecule has 0 amide bonds. The van der Waals surface area contributed by atoms with Gasteiger partial charge in [-0.05, 0) is 60.5 Å². The normalized spacial score (nSPS) is 12.1. The number of rotatable bonds is 7. The Labute approximate surface area is 258 Å². The first kappa shape index (κ1) is 27.4. The minimum absolute atomic E-state index is 0.170. The minimum Gasteiger partial charge on any atom is -0.497 e. The quantitative estimate of drug-likeness (QED) is 0.108. The van der Waals surface area contributed by atoms with E-state index in [0.717, 1.165) is 62.1 Å². The standard InChI is InChI=1S/C35H27ClN6O2/c1-3-27-32(26-9-5-6-10-28(26)37-27)34(42-41-23-16-18-24(43-2)19-17-23)40-35-39-30(20-44-35)31-25-8-4-7-11-29(25)38-33(31)21-12-14-22(36)15-13-21/h4-20,37-38H,3H2,1-2H3/b40-34-,42-41?. The predicted octanol–water partition coefficient (Wildman–Crippen LogP) is 10.1. The minimum atomic E-state index is 0.170. The van der Waals surface area contributed by atoms with Crippen LogP contribution in [0.3, 0.4) is 0 Å². The summed E-state index contributed by atoms with van der Waals surface area (Å²) in [7, 11) is 1.63. The molecule has 0 radical (unpaired) electrons. The van der Waals surface area contributed by atoms with Crippen molar-refractivity contribution in [2.75, 3.05) is 7.11 Å². The Morgan fingerprint density at radius 2 is 1.57 bits per heavy atom. The summed E-state index contributed by atoms with van der Waals surface area (Å²) in [5.74, 6) is 1.13. The fraction of sp³-hybridized carbons (Fsp3) is 0.0857. The Balaban J connectivity index is 1.36. The maximum Gasteiger partial charge on any atom is 0.324 e. The summed E-state index contributed by atoms with van der Waals surface area (Å²) in [4.78, 5) is 16.7. The van der Waals surface area contributed by atoms with Gasteiger partial charge in [0.05, 0.1) is 18.5 Å². The van der Waals surface area contributed by atoms with Gasteiger partial charge in [-0.25, -0.2) is 0 Å². The van der Waals surface area contributed by atoms with Gasteiger partial charge in [0.15, 0.2) is 5.84 Å². The van der Waals surface area contributed by atoms with Gasteiger partial charge in [-0.1, -0.05) is 67.1 Å². The zero-order chi connectivity index (χ0) is 30.0. The number of nitrogens with one attached hydrogen (secondary N) is 2. The van der Waals surface area contributed by atoms with E-state index in [4.69, 9.17) is 30.7 Å². The number of aliphatic imine (C=N–C) groups is 1. The van der Waals surface area contributed by atoms with E-state index >= 15 is 0 Å². The number of azo groups is 1. The van der Waals surface area contributed by atoms with Crippen molar-refractivity contribution in [3.05, 3.63) is 120 Å². The highest BCUT2D eigenvalue weighted by Crippen LogP contribution is 2.39. The number of aromatic nitrogens is 3. The predicted molar refractivity (Wildman–Crippen MR) is 176 cm³/mol. The van der Waals surface area contributed by atoms with Crippen LogP contribution in [0.5, 0.6) is 5.75 Å². The third-order valence-electron chi connectivity index (χ3n) is 7.48. The van der Waals surface area contributed by atoms with Crippen LogP contribution in [0, 0.1) is 0 Å². The van der Waals surface area contributed by atoms with Crippen molar-refractivity contribution in [1.29, 1.82) is 0 Å². The Kier molecular flexibility index (Phi) is 7.25. The van der Waals surface area contributed by atoms with Crippen LogP contribution in [-0.2, 0) is 6.42 Å². The lowest BCUT2D eigenvalue weighted by atomic mass is 10.0. The third-order valence-corrected chi connectivity index (χ3v) is 7.73. The second-order valence-corrected chi connectivity index (χ2v) is 10.6. The molecular weight excluding hydrogens is 572 g/mol. The van der Waals surface area contributed by atoms with E-state index < -0.39 is 0 Å². The molecule has 0 fully saturated rings. The highest BCUT2D eigenvalue weighted by atomic mass is 35.5. The fourth-order valence-electron chi connectivity index (χ4n) is 5.36. The fourth-order valence-corrected chi connectivity index (χ4v) is 5.49. The molecule has 216 valence electrons. The Morgan fingerprint density at radius 1 is 0.864 bits per heavy atom. The number of aryl methyl sites for hydroxylation is 1. The molecule has 44 heavy (non-hydrogen) atoms. The van der Waals surface area contributed by atoms with Gasteiger partial charge in [-0.3, -0.25) is 0 Å². The van der Waals surface area contributed by atoms with Crippen LogP contribution >= 0.6 is 11.6 Å². The molecular formula is C35H27ClN6O2. The summed E-state index contributed by atoms with van der Waals surface area (Å²) in [5.41, 5.74) is 7.94. The highest BCUT2D eigenvalue weighted by Gasteiger charge is 2.21. The number of oxazole rings is 1. The molecule has 0 aliphatic heterocycles. The van der Waals surface area contributed by atoms with E-state index in [1.807, 2.05) is 91.0 Å². The highest BCUT2D eigenvalue weighted by molar-refractivity contribution is 6.30. The van der Waals surface area contributed by atoms with Crippen LogP contribution in [0.4, 0.5) is 11.7 Å². The van der Waals surface area contributed by atoms with Gasteiger partial charge in [-0.2, -0.15) is 9.98 Å². The molecule has 7 rings (SSSR count). The molecule has 0 atom stereocenters. The van der Waals surface area contributed by atoms with Gasteiger partial charge in [0.25, 0.3) is 0 Å². The van der Waals surface area contributed by atoms with E-state index in [1.54, 1.807) is 13.4 Å². The molecule has 2 N–H and O–H groups in total. The van der Waals surface area contributed by atoms with E-state index in [-0.39, 0.29) is 6.01 Å². The SMILES string of the molecule is CCc1[nH]c2ccccc2c1/C(N=Nc1ccc(OC)cc1)=N/c1nc(-c2c(-c3ccc(Cl)cc3)[nH]c3ccccc23)co1. The molecule has 9 heteroatoms. The number of benzene rings is 4. The molecule has 3 heterocycles. The number of hydrogen-bond acceptors (Lipinski definition) is 5. The van der Waals surface area contributed by atoms with Gasteiger partial charge in [0.2, 0.25) is 0 Å². The molecule has 8 nitrogen and oxygen atoms in total. The molecule has 0 saturated carbocycles. The molecule has 0 aliphatic rings. The number of amidine groups is 1. The summed E-state index contributed by atoms with van der Waals surface area (Å²) in [6.07, 6.45) is 2.37. The van der Waals surface area contributed by atoms with Crippen LogP contribution in [0.1, 0.15) is 18.2 Å². The summed E-state index contributed by atoms with van der Waals surface area (Å²) in [6, 6.07) is 31.4. The Morgan fingerprint density at radius 3 is 2.30 bits per heavy atom. The van der Waals surface area contributed by atoms with E-state index in [1.165, 1.54) is 0 Å². The van der Waals surface area contributed by atoms with Crippen LogP contribution in [0.15, 0.2) is 123 Å². The summed E-state index contributed by atoms with van der Waals surface area (Å²) in [6.45, 7) is 2.09. The molecule has 0 spiro atoms. The van der Waals surface area contributed by atoms with Crippen LogP contribution in [0.2, 0.25) is 5.02 Å². The number of para-hydroxylation sites is 2. The molecule has 0 aliphatic carbocycles. The maximum atomic E-state index is 6.19. The number of fused-ring (bicyclic) bond motifs is 2. The number of H-pyrrole nitrogens is 2. The van der Waals surface area contributed by atoms with Crippen LogP contribution < -0.4 is 4.74 Å². The lowest BCUT2D eigenvalue weighted by Crippen LogP contribution is -2.00. The van der Waals surface area contributed by atoms with Crippen LogP contribution in [0.25, 0.3) is 44.3 Å². The lowest BCUT2D eigenvalue weighted by Gasteiger charge is -2.03. The largest absolute Gasteiger partial charge is 0.497 e. The van der Waals surface area contributed by atoms with E-state index in [9.17, 15) is 0 Å². The monoisotopic (exact) mass is 598 g/mol. The number of aromatic amines is 2. The molecule has 4 aromatic carbocycles. The van der Waals surface area contributed by atoms with Gasteiger partial charge < -0.3 is 19.1 Å². The van der Waals surface area contributed by atoms with E-state index in [0.29, 0.717) is 22.2 Å². The van der Waals surface area contributed by atoms with Gasteiger partial charge in [0, 0.05) is 43.6 Å². The molecule has 7 aromatic rings. The average molecular weight is 599 g/mol. The van der Waals surface area contributed by atoms with Gasteiger partial charge in [0.1, 0.15) is 17.7 Å². The second kappa shape index (κ2) is 11.7. The number of nitrogens with zero attached hydrogens (tertiary/aromatic N) is 4. The zero-order valence-electron chi connectivity index (χ0n) is 24.0. The topological polar surface area (TPSA) is 104 Å². The Bertz CT molecular complexity index is 2150. The first-order chi connectivity index (χ1) is 21.6. The first-order valence-corrected chi connectivity index (χ1v) is 14.6. The van der Waals surface area contributed by atoms with E-state index in [2.05, 4.69) is 33.2 Å². The van der Waals surface area contributed by atoms with Gasteiger partial charge >= 0.3 is 6.01 Å². The average Bonchev–Trinajstić information content (AvgIpc) is 3.78. The van der Waals surface area contributed by atoms with Crippen molar-refractivity contribution in [2.24, 2.45) is 15.2 Å². The smallest absolute Gasteiger partial charge is 0.324 e. The molecule has 3 aromatic heterocycles. The zero-order valence-corrected chi connectivity index (χ0v) is 24.8. The van der Waals surface area contributed by atoms with Gasteiger partial charge in [-0.15, -0.1) is 10.2 Å². The number of methoxy groups -OCH3 is 1. The summed E-state index contributed by atoms with van der Waals surface area (Å²) in [5, 5.41) is 11.8. The van der Waals surface area contributed by atoms with Crippen molar-refractivity contribution in [3.8, 4) is 28.3 Å². The summed E-state index contributed by atoms with van der Waals surface area (Å²) >= 11 is 6.19. The number of ether oxygens (including phenoxy) is 1. The Hall–Kier alpha value is -5.47. The number of hydrogen-bond donors (Lipinski definition) is 2. The second-order valence-electron chi connectivity index (χ2n) is 10.2. The van der Waals surface area contributed by atoms with Crippen molar-refractivity contribution in [2.45, 2.75) is 13.3 Å². The molecule has 0 saturated heterocycles. The molecule has 0 unspecified atom stereocenters. The maximum absolute atomic E-state index is 6.19. The van der Waals surface area contributed by atoms with Crippen molar-refractivity contribution in [3.63, 3.8) is 0 Å². The first-order valence-electron chi connectivity index (χ1n) is 14.2. The van der Waals surface area contributed by atoms with Crippen molar-refractivity contribution >= 4 is 50.9 Å². The van der Waals surface area contributed by atoms with Crippen molar-refractivity contribution < 1.29 is 9.15 Å². The van der Waals surface area contributed by atoms with Crippen LogP contribution in [-0.4, -0.2) is 27.9 Å².